The van der Waals surface area contributed by atoms with Crippen molar-refractivity contribution in [2.45, 2.75) is 6.04 Å². The third-order valence-corrected chi connectivity index (χ3v) is 4.29. The van der Waals surface area contributed by atoms with Crippen molar-refractivity contribution >= 4 is 15.9 Å². The summed E-state index contributed by atoms with van der Waals surface area (Å²) in [4.78, 5) is 2.03. The molecule has 3 rings (SSSR count). The molecule has 1 N–H and O–H groups in total. The Bertz CT molecular complexity index is 612. The minimum Gasteiger partial charge on any atom is -0.467 e. The molecule has 2 aromatic rings. The average Bonchev–Trinajstić information content (AvgIpc) is 3.02. The zero-order valence-corrected chi connectivity index (χ0v) is 12.9. The van der Waals surface area contributed by atoms with E-state index >= 15 is 0 Å². The van der Waals surface area contributed by atoms with Crippen molar-refractivity contribution in [2.24, 2.45) is 0 Å². The zero-order chi connectivity index (χ0) is 14.8. The van der Waals surface area contributed by atoms with E-state index in [1.54, 1.807) is 12.1 Å². The molecule has 1 aliphatic heterocycles. The van der Waals surface area contributed by atoms with Gasteiger partial charge in [-0.05, 0) is 40.2 Å². The van der Waals surface area contributed by atoms with Crippen LogP contribution in [0.5, 0.6) is 0 Å². The lowest BCUT2D eigenvalue weighted by molar-refractivity contribution is 0.173. The van der Waals surface area contributed by atoms with Gasteiger partial charge in [-0.25, -0.2) is 8.78 Å². The van der Waals surface area contributed by atoms with Gasteiger partial charge in [-0.1, -0.05) is 0 Å². The Kier molecular flexibility index (Phi) is 4.37. The van der Waals surface area contributed by atoms with Crippen molar-refractivity contribution in [3.05, 3.63) is 58.0 Å². The molecule has 0 spiro atoms. The Morgan fingerprint density at radius 2 is 1.95 bits per heavy atom. The summed E-state index contributed by atoms with van der Waals surface area (Å²) in [5, 5.41) is 3.24. The van der Waals surface area contributed by atoms with Gasteiger partial charge in [0.15, 0.2) is 0 Å². The van der Waals surface area contributed by atoms with Crippen molar-refractivity contribution in [2.75, 3.05) is 26.2 Å². The SMILES string of the molecule is Fc1ccc(Br)c(F)c1[C@@H](c1ccco1)N1CCNCC1. The maximum Gasteiger partial charge on any atom is 0.145 e. The van der Waals surface area contributed by atoms with Crippen molar-refractivity contribution < 1.29 is 13.2 Å². The number of hydrogen-bond acceptors (Lipinski definition) is 3. The molecule has 1 atom stereocenters. The highest BCUT2D eigenvalue weighted by Gasteiger charge is 2.31. The smallest absolute Gasteiger partial charge is 0.145 e. The van der Waals surface area contributed by atoms with Gasteiger partial charge in [-0.15, -0.1) is 0 Å². The summed E-state index contributed by atoms with van der Waals surface area (Å²) >= 11 is 3.13. The fourth-order valence-electron chi connectivity index (χ4n) is 2.69. The first-order chi connectivity index (χ1) is 10.2. The second-order valence-corrected chi connectivity index (χ2v) is 5.82. The summed E-state index contributed by atoms with van der Waals surface area (Å²) in [6, 6.07) is 5.59. The predicted molar refractivity (Wildman–Crippen MR) is 79.1 cm³/mol. The number of nitrogens with zero attached hydrogens (tertiary/aromatic N) is 1. The molecule has 0 unspecified atom stereocenters. The highest BCUT2D eigenvalue weighted by atomic mass is 79.9. The van der Waals surface area contributed by atoms with Crippen LogP contribution in [0.2, 0.25) is 0 Å². The topological polar surface area (TPSA) is 28.4 Å². The minimum atomic E-state index is -0.574. The summed E-state index contributed by atoms with van der Waals surface area (Å²) in [5.41, 5.74) is 0.0289. The molecule has 1 saturated heterocycles. The second kappa shape index (κ2) is 6.25. The average molecular weight is 357 g/mol. The van der Waals surface area contributed by atoms with Crippen LogP contribution < -0.4 is 5.32 Å². The number of hydrogen-bond donors (Lipinski definition) is 1. The molecule has 1 aromatic heterocycles. The Morgan fingerprint density at radius 1 is 1.19 bits per heavy atom. The highest BCUT2D eigenvalue weighted by Crippen LogP contribution is 2.35. The minimum absolute atomic E-state index is 0.0289. The fourth-order valence-corrected chi connectivity index (χ4v) is 3.03. The van der Waals surface area contributed by atoms with E-state index in [1.165, 1.54) is 18.4 Å². The van der Waals surface area contributed by atoms with Gasteiger partial charge in [0.2, 0.25) is 0 Å². The molecule has 1 aromatic carbocycles. The molecular formula is C15H15BrF2N2O. The van der Waals surface area contributed by atoms with Crippen LogP contribution in [0.15, 0.2) is 39.4 Å². The van der Waals surface area contributed by atoms with Gasteiger partial charge < -0.3 is 9.73 Å². The molecule has 112 valence electrons. The van der Waals surface area contributed by atoms with E-state index in [-0.39, 0.29) is 10.0 Å². The van der Waals surface area contributed by atoms with E-state index < -0.39 is 17.7 Å². The van der Waals surface area contributed by atoms with Crippen LogP contribution in [-0.2, 0) is 0 Å². The molecule has 3 nitrogen and oxygen atoms in total. The second-order valence-electron chi connectivity index (χ2n) is 4.96. The lowest BCUT2D eigenvalue weighted by atomic mass is 10.0. The molecule has 0 radical (unpaired) electrons. The Morgan fingerprint density at radius 3 is 2.62 bits per heavy atom. The summed E-state index contributed by atoms with van der Waals surface area (Å²) < 4.78 is 34.5. The van der Waals surface area contributed by atoms with Crippen LogP contribution >= 0.6 is 15.9 Å². The molecule has 2 heterocycles. The van der Waals surface area contributed by atoms with Crippen LogP contribution in [0.1, 0.15) is 17.4 Å². The normalized spacial score (nSPS) is 17.9. The van der Waals surface area contributed by atoms with Gasteiger partial charge in [-0.2, -0.15) is 0 Å². The summed E-state index contributed by atoms with van der Waals surface area (Å²) in [6.07, 6.45) is 1.53. The predicted octanol–water partition coefficient (Wildman–Crippen LogP) is 3.31. The Labute approximate surface area is 130 Å². The third-order valence-electron chi connectivity index (χ3n) is 3.68. The first-order valence-electron chi connectivity index (χ1n) is 6.80. The lowest BCUT2D eigenvalue weighted by Crippen LogP contribution is -2.45. The quantitative estimate of drug-likeness (QED) is 0.855. The fraction of sp³-hybridized carbons (Fsp3) is 0.333. The standard InChI is InChI=1S/C15H15BrF2N2O/c16-10-3-4-11(17)13(14(10)18)15(12-2-1-9-21-12)20-7-5-19-6-8-20/h1-4,9,15,19H,5-8H2/t15-/m1/s1. The molecule has 21 heavy (non-hydrogen) atoms. The lowest BCUT2D eigenvalue weighted by Gasteiger charge is -2.34. The Balaban J connectivity index is 2.09. The number of benzene rings is 1. The van der Waals surface area contributed by atoms with E-state index in [0.29, 0.717) is 18.8 Å². The number of rotatable bonds is 3. The molecule has 0 aliphatic carbocycles. The van der Waals surface area contributed by atoms with Crippen LogP contribution in [0, 0.1) is 11.6 Å². The molecule has 1 fully saturated rings. The monoisotopic (exact) mass is 356 g/mol. The largest absolute Gasteiger partial charge is 0.467 e. The molecule has 0 amide bonds. The molecule has 6 heteroatoms. The summed E-state index contributed by atoms with van der Waals surface area (Å²) in [7, 11) is 0. The zero-order valence-electron chi connectivity index (χ0n) is 11.3. The van der Waals surface area contributed by atoms with Crippen molar-refractivity contribution in [3.63, 3.8) is 0 Å². The van der Waals surface area contributed by atoms with E-state index in [9.17, 15) is 8.78 Å². The van der Waals surface area contributed by atoms with Gasteiger partial charge in [0.25, 0.3) is 0 Å². The van der Waals surface area contributed by atoms with Gasteiger partial charge in [0, 0.05) is 31.7 Å². The first kappa shape index (κ1) is 14.7. The van der Waals surface area contributed by atoms with Crippen LogP contribution in [0.25, 0.3) is 0 Å². The van der Waals surface area contributed by atoms with Crippen LogP contribution in [0.3, 0.4) is 0 Å². The number of halogens is 3. The van der Waals surface area contributed by atoms with Gasteiger partial charge in [0.1, 0.15) is 17.4 Å². The third kappa shape index (κ3) is 2.88. The number of piperazine rings is 1. The van der Waals surface area contributed by atoms with Gasteiger partial charge >= 0.3 is 0 Å². The first-order valence-corrected chi connectivity index (χ1v) is 7.59. The van der Waals surface area contributed by atoms with E-state index in [0.717, 1.165) is 13.1 Å². The van der Waals surface area contributed by atoms with E-state index in [2.05, 4.69) is 21.2 Å². The van der Waals surface area contributed by atoms with Crippen molar-refractivity contribution in [1.29, 1.82) is 0 Å². The van der Waals surface area contributed by atoms with E-state index in [4.69, 9.17) is 4.42 Å². The summed E-state index contributed by atoms with van der Waals surface area (Å²) in [6.45, 7) is 2.98. The maximum atomic E-state index is 14.5. The van der Waals surface area contributed by atoms with Crippen molar-refractivity contribution in [1.82, 2.24) is 10.2 Å². The highest BCUT2D eigenvalue weighted by molar-refractivity contribution is 9.10. The number of furan rings is 1. The van der Waals surface area contributed by atoms with E-state index in [1.807, 2.05) is 4.90 Å². The molecule has 0 saturated carbocycles. The maximum absolute atomic E-state index is 14.5. The van der Waals surface area contributed by atoms with Crippen molar-refractivity contribution in [3.8, 4) is 0 Å². The van der Waals surface area contributed by atoms with Gasteiger partial charge in [0.05, 0.1) is 16.8 Å². The molecule has 0 bridgehead atoms. The number of nitrogens with one attached hydrogen (secondary N) is 1. The van der Waals surface area contributed by atoms with Crippen LogP contribution in [-0.4, -0.2) is 31.1 Å². The molecule has 1 aliphatic rings. The summed E-state index contributed by atoms with van der Waals surface area (Å²) in [5.74, 6) is -0.585. The van der Waals surface area contributed by atoms with Crippen LogP contribution in [0.4, 0.5) is 8.78 Å². The Hall–Kier alpha value is -1.24. The van der Waals surface area contributed by atoms with Gasteiger partial charge in [-0.3, -0.25) is 4.90 Å². The molecular weight excluding hydrogens is 342 g/mol.